The number of likely N-dealkylation sites (tertiary alicyclic amines) is 1. The van der Waals surface area contributed by atoms with Crippen molar-refractivity contribution in [1.82, 2.24) is 19.9 Å². The number of carbonyl (C=O) groups is 2. The maximum atomic E-state index is 14.6. The molecule has 0 aromatic carbocycles. The largest absolute Gasteiger partial charge is 0.451 e. The van der Waals surface area contributed by atoms with Crippen LogP contribution < -0.4 is 4.90 Å². The summed E-state index contributed by atoms with van der Waals surface area (Å²) in [5.74, 6) is -2.49. The summed E-state index contributed by atoms with van der Waals surface area (Å²) in [5.41, 5.74) is -3.45. The molecule has 0 spiro atoms. The van der Waals surface area contributed by atoms with Gasteiger partial charge in [-0.25, -0.2) is 19.2 Å². The molecular formula is C23H24F7N5O3. The van der Waals surface area contributed by atoms with E-state index in [1.807, 2.05) is 0 Å². The lowest BCUT2D eigenvalue weighted by Crippen LogP contribution is -2.50. The number of rotatable bonds is 3. The van der Waals surface area contributed by atoms with E-state index in [2.05, 4.69) is 15.0 Å². The number of nitrogens with zero attached hydrogens (tertiary/aromatic N) is 5. The highest BCUT2D eigenvalue weighted by Gasteiger charge is 2.48. The number of alkyl halides is 7. The molecular weight excluding hydrogens is 527 g/mol. The first-order valence-electron chi connectivity index (χ1n) is 11.2. The van der Waals surface area contributed by atoms with Crippen molar-refractivity contribution in [1.29, 1.82) is 0 Å². The SMILES string of the molecule is C[C@H]1[C@H](F)C[C@@H](C(=O)N(C)c2cc(-c3cnc(C(F)(F)F)nc3)ncc2C(F)(F)F)N1C(=O)OC(C)(C)C. The van der Waals surface area contributed by atoms with Gasteiger partial charge < -0.3 is 9.64 Å². The predicted octanol–water partition coefficient (Wildman–Crippen LogP) is 5.28. The van der Waals surface area contributed by atoms with Gasteiger partial charge in [-0.05, 0) is 33.8 Å². The van der Waals surface area contributed by atoms with Gasteiger partial charge in [0.2, 0.25) is 11.7 Å². The highest BCUT2D eigenvalue weighted by Crippen LogP contribution is 2.39. The van der Waals surface area contributed by atoms with E-state index in [-0.39, 0.29) is 11.3 Å². The summed E-state index contributed by atoms with van der Waals surface area (Å²) in [7, 11) is 1.00. The fourth-order valence-electron chi connectivity index (χ4n) is 3.86. The molecule has 1 aliphatic heterocycles. The van der Waals surface area contributed by atoms with Crippen molar-refractivity contribution in [3.8, 4) is 11.3 Å². The minimum atomic E-state index is -4.98. The van der Waals surface area contributed by atoms with Crippen LogP contribution in [0.3, 0.4) is 0 Å². The number of halogens is 7. The number of pyridine rings is 1. The highest BCUT2D eigenvalue weighted by atomic mass is 19.4. The van der Waals surface area contributed by atoms with E-state index < -0.39 is 71.7 Å². The summed E-state index contributed by atoms with van der Waals surface area (Å²) in [6.45, 7) is 6.01. The van der Waals surface area contributed by atoms with Crippen molar-refractivity contribution in [3.63, 3.8) is 0 Å². The molecule has 1 saturated heterocycles. The third-order valence-corrected chi connectivity index (χ3v) is 5.72. The van der Waals surface area contributed by atoms with Crippen molar-refractivity contribution in [2.75, 3.05) is 11.9 Å². The molecule has 3 rings (SSSR count). The Morgan fingerprint density at radius 2 is 1.58 bits per heavy atom. The van der Waals surface area contributed by atoms with E-state index >= 15 is 0 Å². The normalized spacial score (nSPS) is 20.4. The monoisotopic (exact) mass is 551 g/mol. The van der Waals surface area contributed by atoms with E-state index in [0.717, 1.165) is 30.4 Å². The molecule has 15 heteroatoms. The molecule has 0 unspecified atom stereocenters. The summed E-state index contributed by atoms with van der Waals surface area (Å²) >= 11 is 0. The van der Waals surface area contributed by atoms with Crippen LogP contribution in [0.25, 0.3) is 11.3 Å². The first-order valence-corrected chi connectivity index (χ1v) is 11.2. The van der Waals surface area contributed by atoms with Crippen LogP contribution in [0.2, 0.25) is 0 Å². The topological polar surface area (TPSA) is 88.5 Å². The second-order valence-electron chi connectivity index (χ2n) is 9.67. The second-order valence-corrected chi connectivity index (χ2v) is 9.67. The molecule has 1 aliphatic rings. The van der Waals surface area contributed by atoms with Crippen LogP contribution in [0.5, 0.6) is 0 Å². The number of hydrogen-bond acceptors (Lipinski definition) is 6. The molecule has 0 N–H and O–H groups in total. The summed E-state index contributed by atoms with van der Waals surface area (Å²) in [6, 6.07) is -1.74. The van der Waals surface area contributed by atoms with Crippen LogP contribution in [0.15, 0.2) is 24.7 Å². The number of ether oxygens (including phenoxy) is 1. The van der Waals surface area contributed by atoms with E-state index in [9.17, 15) is 40.3 Å². The lowest BCUT2D eigenvalue weighted by molar-refractivity contribution is -0.145. The number of likely N-dealkylation sites (N-methyl/N-ethyl adjacent to an activating group) is 1. The summed E-state index contributed by atoms with van der Waals surface area (Å²) < 4.78 is 99.6. The summed E-state index contributed by atoms with van der Waals surface area (Å²) in [5, 5.41) is 0. The van der Waals surface area contributed by atoms with Crippen LogP contribution >= 0.6 is 0 Å². The summed E-state index contributed by atoms with van der Waals surface area (Å²) in [4.78, 5) is 37.6. The van der Waals surface area contributed by atoms with Crippen molar-refractivity contribution >= 4 is 17.7 Å². The molecule has 1 fully saturated rings. The van der Waals surface area contributed by atoms with Gasteiger partial charge in [-0.2, -0.15) is 26.3 Å². The Morgan fingerprint density at radius 3 is 2.08 bits per heavy atom. The molecule has 0 radical (unpaired) electrons. The van der Waals surface area contributed by atoms with E-state index in [1.165, 1.54) is 6.92 Å². The number of carbonyl (C=O) groups excluding carboxylic acids is 2. The molecule has 2 aromatic rings. The van der Waals surface area contributed by atoms with Gasteiger partial charge in [-0.15, -0.1) is 0 Å². The third-order valence-electron chi connectivity index (χ3n) is 5.72. The molecule has 8 nitrogen and oxygen atoms in total. The van der Waals surface area contributed by atoms with E-state index in [4.69, 9.17) is 4.74 Å². The molecule has 3 atom stereocenters. The fourth-order valence-corrected chi connectivity index (χ4v) is 3.86. The Labute approximate surface area is 212 Å². The number of amides is 2. The van der Waals surface area contributed by atoms with Crippen LogP contribution in [-0.2, 0) is 21.9 Å². The average Bonchev–Trinajstić information content (AvgIpc) is 3.09. The molecule has 0 bridgehead atoms. The highest BCUT2D eigenvalue weighted by molar-refractivity contribution is 5.99. The second kappa shape index (κ2) is 9.98. The smallest absolute Gasteiger partial charge is 0.444 e. The van der Waals surface area contributed by atoms with Gasteiger partial charge in [-0.3, -0.25) is 14.7 Å². The molecule has 38 heavy (non-hydrogen) atoms. The van der Waals surface area contributed by atoms with Crippen molar-refractivity contribution < 1.29 is 45.1 Å². The van der Waals surface area contributed by atoms with Gasteiger partial charge in [0.15, 0.2) is 0 Å². The zero-order valence-corrected chi connectivity index (χ0v) is 20.9. The third kappa shape index (κ3) is 6.13. The van der Waals surface area contributed by atoms with Crippen LogP contribution in [0.1, 0.15) is 45.5 Å². The predicted molar refractivity (Wildman–Crippen MR) is 120 cm³/mol. The Kier molecular flexibility index (Phi) is 7.63. The molecule has 0 aliphatic carbocycles. The van der Waals surface area contributed by atoms with Crippen molar-refractivity contribution in [2.24, 2.45) is 0 Å². The number of aromatic nitrogens is 3. The standard InChI is InChI=1S/C23H24F7N5O3/c1-11-14(24)6-17(35(11)20(37)38-21(2,3)4)18(36)34(5)16-7-15(31-10-13(16)22(25,26)27)12-8-32-19(33-9-12)23(28,29)30/h7-11,14,17H,6H2,1-5H3/t11-,14+,17-/m0/s1. The fraction of sp³-hybridized carbons (Fsp3) is 0.522. The first-order chi connectivity index (χ1) is 17.3. The minimum Gasteiger partial charge on any atom is -0.444 e. The average molecular weight is 551 g/mol. The van der Waals surface area contributed by atoms with Crippen LogP contribution in [0.4, 0.5) is 41.2 Å². The number of anilines is 1. The van der Waals surface area contributed by atoms with Gasteiger partial charge in [0.05, 0.1) is 23.0 Å². The maximum absolute atomic E-state index is 14.6. The summed E-state index contributed by atoms with van der Waals surface area (Å²) in [6.07, 6.45) is -11.1. The van der Waals surface area contributed by atoms with E-state index in [1.54, 1.807) is 20.8 Å². The lowest BCUT2D eigenvalue weighted by Gasteiger charge is -2.32. The first kappa shape index (κ1) is 29.0. The zero-order chi connectivity index (χ0) is 28.8. The molecule has 2 amide bonds. The van der Waals surface area contributed by atoms with Gasteiger partial charge in [0.25, 0.3) is 0 Å². The molecule has 0 saturated carbocycles. The Balaban J connectivity index is 2.02. The molecule has 3 heterocycles. The molecule has 2 aromatic heterocycles. The minimum absolute atomic E-state index is 0.150. The zero-order valence-electron chi connectivity index (χ0n) is 20.9. The molecule has 208 valence electrons. The van der Waals surface area contributed by atoms with Gasteiger partial charge in [-0.1, -0.05) is 0 Å². The Hall–Kier alpha value is -3.52. The maximum Gasteiger partial charge on any atom is 0.451 e. The van der Waals surface area contributed by atoms with Gasteiger partial charge in [0, 0.05) is 37.6 Å². The Bertz CT molecular complexity index is 1200. The quantitative estimate of drug-likeness (QED) is 0.483. The van der Waals surface area contributed by atoms with E-state index in [0.29, 0.717) is 11.1 Å². The van der Waals surface area contributed by atoms with Gasteiger partial charge in [0.1, 0.15) is 17.8 Å². The van der Waals surface area contributed by atoms with Crippen molar-refractivity contribution in [2.45, 2.75) is 70.3 Å². The lowest BCUT2D eigenvalue weighted by atomic mass is 10.1. The van der Waals surface area contributed by atoms with Crippen LogP contribution in [0, 0.1) is 0 Å². The Morgan fingerprint density at radius 1 is 1.00 bits per heavy atom. The number of hydrogen-bond donors (Lipinski definition) is 0. The van der Waals surface area contributed by atoms with Gasteiger partial charge >= 0.3 is 18.4 Å². The van der Waals surface area contributed by atoms with Crippen molar-refractivity contribution in [3.05, 3.63) is 36.0 Å². The van der Waals surface area contributed by atoms with Crippen LogP contribution in [-0.4, -0.2) is 62.8 Å².